The normalized spacial score (nSPS) is 10.3. The molecule has 26 heavy (non-hydrogen) atoms. The molecule has 2 aromatic carbocycles. The molecule has 0 radical (unpaired) electrons. The number of anilines is 2. The molecule has 0 atom stereocenters. The first-order chi connectivity index (χ1) is 12.6. The average Bonchev–Trinajstić information content (AvgIpc) is 2.65. The lowest BCUT2D eigenvalue weighted by Gasteiger charge is -2.22. The Morgan fingerprint density at radius 3 is 2.46 bits per heavy atom. The number of para-hydroxylation sites is 1. The molecule has 140 valence electrons. The lowest BCUT2D eigenvalue weighted by Crippen LogP contribution is -2.32. The summed E-state index contributed by atoms with van der Waals surface area (Å²) in [5.41, 5.74) is 4.12. The minimum absolute atomic E-state index is 0.124. The van der Waals surface area contributed by atoms with Crippen molar-refractivity contribution in [3.8, 4) is 5.75 Å². The van der Waals surface area contributed by atoms with Crippen molar-refractivity contribution in [1.29, 1.82) is 0 Å². The Bertz CT molecular complexity index is 727. The summed E-state index contributed by atoms with van der Waals surface area (Å²) in [7, 11) is 0. The van der Waals surface area contributed by atoms with Crippen molar-refractivity contribution in [3.63, 3.8) is 0 Å². The van der Waals surface area contributed by atoms with Crippen LogP contribution in [0.15, 0.2) is 42.5 Å². The van der Waals surface area contributed by atoms with Crippen LogP contribution >= 0.6 is 0 Å². The molecule has 0 saturated carbocycles. The highest BCUT2D eigenvalue weighted by Crippen LogP contribution is 2.22. The van der Waals surface area contributed by atoms with Crippen molar-refractivity contribution in [2.75, 3.05) is 30.0 Å². The first kappa shape index (κ1) is 19.6. The van der Waals surface area contributed by atoms with E-state index in [1.54, 1.807) is 0 Å². The summed E-state index contributed by atoms with van der Waals surface area (Å²) in [6.07, 6.45) is 0.889. The van der Waals surface area contributed by atoms with Crippen LogP contribution in [0.2, 0.25) is 0 Å². The molecule has 5 heteroatoms. The molecule has 0 fully saturated rings. The molecule has 0 aromatic heterocycles. The number of benzene rings is 2. The largest absolute Gasteiger partial charge is 0.473 e. The third-order valence-corrected chi connectivity index (χ3v) is 4.40. The van der Waals surface area contributed by atoms with Crippen LogP contribution in [-0.4, -0.2) is 25.9 Å². The van der Waals surface area contributed by atoms with Crippen LogP contribution in [0.1, 0.15) is 31.9 Å². The van der Waals surface area contributed by atoms with Crippen LogP contribution in [0.5, 0.6) is 5.75 Å². The smallest absolute Gasteiger partial charge is 0.321 e. The fraction of sp³-hybridized carbons (Fsp3) is 0.381. The molecule has 2 N–H and O–H groups in total. The van der Waals surface area contributed by atoms with Crippen LogP contribution in [0.4, 0.5) is 16.2 Å². The maximum Gasteiger partial charge on any atom is 0.321 e. The van der Waals surface area contributed by atoms with Crippen LogP contribution in [0, 0.1) is 6.92 Å². The molecule has 2 amide bonds. The van der Waals surface area contributed by atoms with Crippen molar-refractivity contribution in [2.24, 2.45) is 0 Å². The van der Waals surface area contributed by atoms with Crippen LogP contribution in [-0.2, 0) is 6.42 Å². The Balaban J connectivity index is 1.89. The summed E-state index contributed by atoms with van der Waals surface area (Å²) < 4.78 is 5.67. The molecule has 0 saturated heterocycles. The molecule has 2 aromatic rings. The molecule has 0 aliphatic heterocycles. The van der Waals surface area contributed by atoms with Gasteiger partial charge in [-0.1, -0.05) is 25.1 Å². The number of rotatable bonds is 8. The SMILES string of the molecule is CCc1ccccc1OCNC(=O)Nc1ccc(N(CC)CC)cc1C. The van der Waals surface area contributed by atoms with E-state index in [0.717, 1.165) is 47.8 Å². The third-order valence-electron chi connectivity index (χ3n) is 4.40. The second-order valence-corrected chi connectivity index (χ2v) is 6.05. The van der Waals surface area contributed by atoms with Gasteiger partial charge in [0.05, 0.1) is 0 Å². The number of amides is 2. The van der Waals surface area contributed by atoms with Crippen molar-refractivity contribution >= 4 is 17.4 Å². The van der Waals surface area contributed by atoms with E-state index in [9.17, 15) is 4.79 Å². The quantitative estimate of drug-likeness (QED) is 0.683. The number of urea groups is 1. The summed E-state index contributed by atoms with van der Waals surface area (Å²) in [4.78, 5) is 14.4. The first-order valence-corrected chi connectivity index (χ1v) is 9.20. The Morgan fingerprint density at radius 2 is 1.81 bits per heavy atom. The van der Waals surface area contributed by atoms with Gasteiger partial charge in [0.1, 0.15) is 5.75 Å². The highest BCUT2D eigenvalue weighted by Gasteiger charge is 2.08. The maximum atomic E-state index is 12.1. The van der Waals surface area contributed by atoms with Gasteiger partial charge in [0.15, 0.2) is 6.73 Å². The van der Waals surface area contributed by atoms with Crippen LogP contribution < -0.4 is 20.3 Å². The Labute approximate surface area is 156 Å². The highest BCUT2D eigenvalue weighted by molar-refractivity contribution is 5.90. The fourth-order valence-electron chi connectivity index (χ4n) is 2.86. The van der Waals surface area contributed by atoms with Gasteiger partial charge < -0.3 is 20.3 Å². The number of carbonyl (C=O) groups excluding carboxylic acids is 1. The predicted molar refractivity (Wildman–Crippen MR) is 108 cm³/mol. The van der Waals surface area contributed by atoms with Gasteiger partial charge in [0.2, 0.25) is 0 Å². The number of carbonyl (C=O) groups is 1. The van der Waals surface area contributed by atoms with Gasteiger partial charge >= 0.3 is 6.03 Å². The third kappa shape index (κ3) is 5.15. The zero-order valence-electron chi connectivity index (χ0n) is 16.1. The topological polar surface area (TPSA) is 53.6 Å². The Morgan fingerprint density at radius 1 is 1.08 bits per heavy atom. The van der Waals surface area contributed by atoms with Gasteiger partial charge in [-0.2, -0.15) is 0 Å². The van der Waals surface area contributed by atoms with E-state index in [2.05, 4.69) is 42.4 Å². The van der Waals surface area contributed by atoms with Crippen molar-refractivity contribution in [2.45, 2.75) is 34.1 Å². The van der Waals surface area contributed by atoms with Crippen LogP contribution in [0.25, 0.3) is 0 Å². The molecule has 5 nitrogen and oxygen atoms in total. The lowest BCUT2D eigenvalue weighted by atomic mass is 10.1. The van der Waals surface area contributed by atoms with Gasteiger partial charge in [0.25, 0.3) is 0 Å². The zero-order valence-corrected chi connectivity index (χ0v) is 16.1. The molecule has 0 aliphatic rings. The average molecular weight is 355 g/mol. The number of hydrogen-bond acceptors (Lipinski definition) is 3. The van der Waals surface area contributed by atoms with Gasteiger partial charge in [-0.15, -0.1) is 0 Å². The monoisotopic (exact) mass is 355 g/mol. The Kier molecular flexibility index (Phi) is 7.33. The van der Waals surface area contributed by atoms with Crippen molar-refractivity contribution < 1.29 is 9.53 Å². The van der Waals surface area contributed by atoms with E-state index in [1.807, 2.05) is 43.3 Å². The standard InChI is InChI=1S/C21H29N3O2/c1-5-17-10-8-9-11-20(17)26-15-22-21(25)23-19-13-12-18(14-16(19)4)24(6-2)7-3/h8-14H,5-7,15H2,1-4H3,(H2,22,23,25). The molecule has 0 bridgehead atoms. The summed E-state index contributed by atoms with van der Waals surface area (Å²) in [5, 5.41) is 5.61. The minimum atomic E-state index is -0.280. The van der Waals surface area contributed by atoms with E-state index in [-0.39, 0.29) is 12.8 Å². The molecule has 0 spiro atoms. The minimum Gasteiger partial charge on any atom is -0.473 e. The van der Waals surface area contributed by atoms with E-state index < -0.39 is 0 Å². The maximum absolute atomic E-state index is 12.1. The second kappa shape index (κ2) is 9.70. The van der Waals surface area contributed by atoms with Gasteiger partial charge in [-0.3, -0.25) is 0 Å². The number of nitrogens with one attached hydrogen (secondary N) is 2. The lowest BCUT2D eigenvalue weighted by molar-refractivity contribution is 0.234. The van der Waals surface area contributed by atoms with Crippen molar-refractivity contribution in [3.05, 3.63) is 53.6 Å². The summed E-state index contributed by atoms with van der Waals surface area (Å²) in [6, 6.07) is 13.6. The van der Waals surface area contributed by atoms with E-state index in [0.29, 0.717) is 0 Å². The highest BCUT2D eigenvalue weighted by atomic mass is 16.5. The molecular formula is C21H29N3O2. The predicted octanol–water partition coefficient (Wildman–Crippen LogP) is 4.56. The molecule has 0 unspecified atom stereocenters. The summed E-state index contributed by atoms with van der Waals surface area (Å²) in [5.74, 6) is 0.801. The van der Waals surface area contributed by atoms with Gasteiger partial charge in [-0.05, 0) is 62.6 Å². The van der Waals surface area contributed by atoms with E-state index in [1.165, 1.54) is 0 Å². The number of ether oxygens (including phenoxy) is 1. The Hall–Kier alpha value is -2.69. The van der Waals surface area contributed by atoms with E-state index >= 15 is 0 Å². The fourth-order valence-corrected chi connectivity index (χ4v) is 2.86. The van der Waals surface area contributed by atoms with E-state index in [4.69, 9.17) is 4.74 Å². The van der Waals surface area contributed by atoms with Gasteiger partial charge in [-0.25, -0.2) is 4.79 Å². The molecule has 0 aliphatic carbocycles. The first-order valence-electron chi connectivity index (χ1n) is 9.20. The van der Waals surface area contributed by atoms with Crippen molar-refractivity contribution in [1.82, 2.24) is 5.32 Å². The molecule has 0 heterocycles. The zero-order chi connectivity index (χ0) is 18.9. The molecular weight excluding hydrogens is 326 g/mol. The summed E-state index contributed by atoms with van der Waals surface area (Å²) >= 11 is 0. The van der Waals surface area contributed by atoms with Gasteiger partial charge in [0, 0.05) is 24.5 Å². The number of hydrogen-bond donors (Lipinski definition) is 2. The van der Waals surface area contributed by atoms with Crippen LogP contribution in [0.3, 0.4) is 0 Å². The second-order valence-electron chi connectivity index (χ2n) is 6.05. The number of aryl methyl sites for hydroxylation is 2. The summed E-state index contributed by atoms with van der Waals surface area (Å²) in [6.45, 7) is 10.4. The molecule has 2 rings (SSSR count). The number of nitrogens with zero attached hydrogens (tertiary/aromatic N) is 1.